The van der Waals surface area contributed by atoms with Crippen LogP contribution in [0, 0.1) is 0 Å². The molecule has 1 fully saturated rings. The van der Waals surface area contributed by atoms with Gasteiger partial charge in [0.05, 0.1) is 11.1 Å². The van der Waals surface area contributed by atoms with Crippen molar-refractivity contribution >= 4 is 29.5 Å². The number of rotatable bonds is 3. The minimum Gasteiger partial charge on any atom is -0.366 e. The zero-order valence-corrected chi connectivity index (χ0v) is 12.1. The van der Waals surface area contributed by atoms with Gasteiger partial charge in [-0.15, -0.1) is 0 Å². The Morgan fingerprint density at radius 2 is 1.86 bits per heavy atom. The van der Waals surface area contributed by atoms with Gasteiger partial charge in [0.2, 0.25) is 0 Å². The summed E-state index contributed by atoms with van der Waals surface area (Å²) in [5.41, 5.74) is -0.606. The lowest BCUT2D eigenvalue weighted by molar-refractivity contribution is -0.190. The van der Waals surface area contributed by atoms with E-state index >= 15 is 0 Å². The third-order valence-corrected chi connectivity index (χ3v) is 4.84. The summed E-state index contributed by atoms with van der Waals surface area (Å²) in [6.07, 6.45) is 0.496. The lowest BCUT2D eigenvalue weighted by atomic mass is 10.0. The van der Waals surface area contributed by atoms with Crippen molar-refractivity contribution in [1.29, 1.82) is 0 Å². The maximum Gasteiger partial charge on any atom is 0.365 e. The van der Waals surface area contributed by atoms with Gasteiger partial charge in [-0.05, 0) is 24.3 Å². The number of amides is 2. The van der Waals surface area contributed by atoms with E-state index in [1.807, 2.05) is 0 Å². The van der Waals surface area contributed by atoms with Crippen LogP contribution in [0.25, 0.3) is 0 Å². The molecule has 1 aromatic rings. The van der Waals surface area contributed by atoms with Crippen molar-refractivity contribution in [3.05, 3.63) is 35.4 Å². The van der Waals surface area contributed by atoms with E-state index in [2.05, 4.69) is 0 Å². The van der Waals surface area contributed by atoms with Gasteiger partial charge in [-0.2, -0.15) is 11.8 Å². The molecule has 0 aromatic heterocycles. The fourth-order valence-corrected chi connectivity index (χ4v) is 3.70. The smallest absolute Gasteiger partial charge is 0.365 e. The average molecular weight is 307 g/mol. The van der Waals surface area contributed by atoms with Crippen molar-refractivity contribution in [1.82, 2.24) is 5.06 Å². The molecule has 21 heavy (non-hydrogen) atoms. The van der Waals surface area contributed by atoms with Gasteiger partial charge >= 0.3 is 5.97 Å². The average Bonchev–Trinajstić information content (AvgIpc) is 3.08. The topological polar surface area (TPSA) is 72.9 Å². The molecule has 2 aliphatic heterocycles. The van der Waals surface area contributed by atoms with Gasteiger partial charge in [-0.1, -0.05) is 17.2 Å². The molecule has 0 bridgehead atoms. The Morgan fingerprint density at radius 1 is 1.24 bits per heavy atom. The van der Waals surface area contributed by atoms with E-state index < -0.39 is 23.4 Å². The molecule has 0 aliphatic carbocycles. The molecule has 0 saturated carbocycles. The Morgan fingerprint density at radius 3 is 2.33 bits per heavy atom. The van der Waals surface area contributed by atoms with Gasteiger partial charge in [0.25, 0.3) is 11.8 Å². The highest BCUT2D eigenvalue weighted by molar-refractivity contribution is 7.99. The molecule has 0 radical (unpaired) electrons. The molecule has 0 spiro atoms. The Bertz CT molecular complexity index is 589. The molecule has 2 amide bonds. The summed E-state index contributed by atoms with van der Waals surface area (Å²) < 4.78 is 5.27. The Kier molecular flexibility index (Phi) is 3.46. The van der Waals surface area contributed by atoms with Crippen molar-refractivity contribution in [2.75, 3.05) is 18.6 Å². The summed E-state index contributed by atoms with van der Waals surface area (Å²) >= 11 is 1.57. The van der Waals surface area contributed by atoms with Crippen LogP contribution in [0.1, 0.15) is 27.1 Å². The lowest BCUT2D eigenvalue weighted by Crippen LogP contribution is -2.46. The molecule has 110 valence electrons. The summed E-state index contributed by atoms with van der Waals surface area (Å²) in [7, 11) is 1.43. The van der Waals surface area contributed by atoms with Gasteiger partial charge in [0.1, 0.15) is 0 Å². The van der Waals surface area contributed by atoms with Crippen molar-refractivity contribution in [2.24, 2.45) is 0 Å². The van der Waals surface area contributed by atoms with Gasteiger partial charge < -0.3 is 9.57 Å². The summed E-state index contributed by atoms with van der Waals surface area (Å²) in [6, 6.07) is 6.36. The number of imide groups is 1. The second-order valence-corrected chi connectivity index (χ2v) is 5.94. The van der Waals surface area contributed by atoms with Gasteiger partial charge in [-0.3, -0.25) is 9.59 Å². The molecule has 7 heteroatoms. The highest BCUT2D eigenvalue weighted by Crippen LogP contribution is 2.33. The zero-order valence-electron chi connectivity index (χ0n) is 11.3. The zero-order chi connectivity index (χ0) is 15.0. The molecular weight excluding hydrogens is 294 g/mol. The maximum absolute atomic E-state index is 12.3. The second kappa shape index (κ2) is 5.16. The minimum absolute atomic E-state index is 0.238. The first-order valence-corrected chi connectivity index (χ1v) is 7.58. The molecule has 1 aromatic carbocycles. The van der Waals surface area contributed by atoms with Crippen molar-refractivity contribution in [3.63, 3.8) is 0 Å². The number of hydroxylamine groups is 2. The number of carbonyl (C=O) groups excluding carboxylic acids is 3. The van der Waals surface area contributed by atoms with E-state index in [9.17, 15) is 14.4 Å². The molecule has 1 unspecified atom stereocenters. The number of thioether (sulfide) groups is 1. The van der Waals surface area contributed by atoms with E-state index in [-0.39, 0.29) is 11.1 Å². The second-order valence-electron chi connectivity index (χ2n) is 4.83. The highest BCUT2D eigenvalue weighted by Gasteiger charge is 2.47. The first kappa shape index (κ1) is 14.1. The summed E-state index contributed by atoms with van der Waals surface area (Å²) in [5, 5.41) is 0.525. The molecule has 3 rings (SSSR count). The number of nitrogens with zero attached hydrogens (tertiary/aromatic N) is 1. The standard InChI is InChI=1S/C14H13NO5S/c1-19-14(6-7-21-8-14)13(18)20-15-11(16)9-4-2-3-5-10(9)12(15)17/h2-5H,6-8H2,1H3. The van der Waals surface area contributed by atoms with Crippen LogP contribution in [0.2, 0.25) is 0 Å². The molecular formula is C14H13NO5S. The predicted octanol–water partition coefficient (Wildman–Crippen LogP) is 1.26. The monoisotopic (exact) mass is 307 g/mol. The first-order chi connectivity index (χ1) is 10.1. The molecule has 2 aliphatic rings. The van der Waals surface area contributed by atoms with Crippen LogP contribution in [-0.4, -0.2) is 47.1 Å². The Hall–Kier alpha value is -1.86. The lowest BCUT2D eigenvalue weighted by Gasteiger charge is -2.25. The van der Waals surface area contributed by atoms with E-state index in [0.717, 1.165) is 5.75 Å². The molecule has 6 nitrogen and oxygen atoms in total. The number of methoxy groups -OCH3 is 1. The van der Waals surface area contributed by atoms with Gasteiger partial charge in [0.15, 0.2) is 5.60 Å². The number of benzene rings is 1. The number of ether oxygens (including phenoxy) is 1. The SMILES string of the molecule is COC1(C(=O)ON2C(=O)c3ccccc3C2=O)CCSC1. The van der Waals surface area contributed by atoms with Crippen LogP contribution in [0.3, 0.4) is 0 Å². The normalized spacial score (nSPS) is 24.3. The summed E-state index contributed by atoms with van der Waals surface area (Å²) in [6.45, 7) is 0. The first-order valence-electron chi connectivity index (χ1n) is 6.42. The van der Waals surface area contributed by atoms with Crippen LogP contribution in [0.15, 0.2) is 24.3 Å². The van der Waals surface area contributed by atoms with Crippen LogP contribution in [0.4, 0.5) is 0 Å². The summed E-state index contributed by atoms with van der Waals surface area (Å²) in [4.78, 5) is 41.6. The van der Waals surface area contributed by atoms with E-state index in [0.29, 0.717) is 17.2 Å². The molecule has 1 atom stereocenters. The number of hydrogen-bond donors (Lipinski definition) is 0. The maximum atomic E-state index is 12.3. The fourth-order valence-electron chi connectivity index (χ4n) is 2.37. The number of carbonyl (C=O) groups is 3. The third-order valence-electron chi connectivity index (χ3n) is 3.68. The minimum atomic E-state index is -1.08. The van der Waals surface area contributed by atoms with E-state index in [4.69, 9.17) is 9.57 Å². The van der Waals surface area contributed by atoms with Gasteiger partial charge in [-0.25, -0.2) is 4.79 Å². The van der Waals surface area contributed by atoms with E-state index in [1.165, 1.54) is 19.2 Å². The number of fused-ring (bicyclic) bond motifs is 1. The Balaban J connectivity index is 1.82. The summed E-state index contributed by atoms with van der Waals surface area (Å²) in [5.74, 6) is -0.734. The van der Waals surface area contributed by atoms with Gasteiger partial charge in [0, 0.05) is 12.9 Å². The van der Waals surface area contributed by atoms with Crippen molar-refractivity contribution in [2.45, 2.75) is 12.0 Å². The van der Waals surface area contributed by atoms with Crippen LogP contribution in [-0.2, 0) is 14.4 Å². The van der Waals surface area contributed by atoms with Crippen LogP contribution in [0.5, 0.6) is 0 Å². The van der Waals surface area contributed by atoms with E-state index in [1.54, 1.807) is 23.9 Å². The highest BCUT2D eigenvalue weighted by atomic mass is 32.2. The predicted molar refractivity (Wildman–Crippen MR) is 74.7 cm³/mol. The molecule has 1 saturated heterocycles. The largest absolute Gasteiger partial charge is 0.366 e. The molecule has 2 heterocycles. The third kappa shape index (κ3) is 2.13. The number of hydrogen-bond acceptors (Lipinski definition) is 6. The quantitative estimate of drug-likeness (QED) is 0.783. The van der Waals surface area contributed by atoms with Crippen LogP contribution < -0.4 is 0 Å². The fraction of sp³-hybridized carbons (Fsp3) is 0.357. The Labute approximate surface area is 125 Å². The van der Waals surface area contributed by atoms with Crippen molar-refractivity contribution in [3.8, 4) is 0 Å². The molecule has 0 N–H and O–H groups in total. The van der Waals surface area contributed by atoms with Crippen LogP contribution >= 0.6 is 11.8 Å². The van der Waals surface area contributed by atoms with Crippen molar-refractivity contribution < 1.29 is 24.0 Å².